The lowest BCUT2D eigenvalue weighted by atomic mass is 9.98. The summed E-state index contributed by atoms with van der Waals surface area (Å²) in [5.74, 6) is 0. The first-order valence-corrected chi connectivity index (χ1v) is 6.82. The number of hydrogen-bond acceptors (Lipinski definition) is 3. The van der Waals surface area contributed by atoms with Crippen molar-refractivity contribution in [2.45, 2.75) is 6.04 Å². The topological polar surface area (TPSA) is 51.8 Å². The van der Waals surface area contributed by atoms with Gasteiger partial charge in [0.15, 0.2) is 0 Å². The van der Waals surface area contributed by atoms with Crippen LogP contribution in [0.25, 0.3) is 11.0 Å². The summed E-state index contributed by atoms with van der Waals surface area (Å²) in [4.78, 5) is 8.64. The maximum absolute atomic E-state index is 6.34. The van der Waals surface area contributed by atoms with Gasteiger partial charge in [0.25, 0.3) is 0 Å². The average Bonchev–Trinajstić information content (AvgIpc) is 2.48. The highest BCUT2D eigenvalue weighted by molar-refractivity contribution is 6.33. The largest absolute Gasteiger partial charge is 0.320 e. The van der Waals surface area contributed by atoms with E-state index in [4.69, 9.17) is 28.9 Å². The number of nitrogens with two attached hydrogens (primary N) is 1. The van der Waals surface area contributed by atoms with Gasteiger partial charge in [0.1, 0.15) is 0 Å². The highest BCUT2D eigenvalue weighted by Crippen LogP contribution is 2.31. The van der Waals surface area contributed by atoms with Crippen molar-refractivity contribution in [3.8, 4) is 0 Å². The molecule has 0 saturated heterocycles. The monoisotopic (exact) mass is 303 g/mol. The Hall–Kier alpha value is -1.68. The van der Waals surface area contributed by atoms with Crippen molar-refractivity contribution in [1.82, 2.24) is 9.97 Å². The number of fused-ring (bicyclic) bond motifs is 1. The molecule has 1 unspecified atom stereocenters. The molecule has 5 heteroatoms. The standard InChI is InChI=1S/C15H11Cl2N3/c16-9-4-5-12(17)11(8-9)14(18)10-2-1-3-13-15(10)20-7-6-19-13/h1-8,14H,18H2. The third-order valence-electron chi connectivity index (χ3n) is 3.16. The van der Waals surface area contributed by atoms with Crippen molar-refractivity contribution in [3.63, 3.8) is 0 Å². The molecule has 3 rings (SSSR count). The molecule has 2 aromatic carbocycles. The molecule has 0 radical (unpaired) electrons. The van der Waals surface area contributed by atoms with E-state index in [-0.39, 0.29) is 0 Å². The Morgan fingerprint density at radius 2 is 1.75 bits per heavy atom. The number of aromatic nitrogens is 2. The molecule has 3 nitrogen and oxygen atoms in total. The molecule has 0 bridgehead atoms. The highest BCUT2D eigenvalue weighted by atomic mass is 35.5. The third-order valence-corrected chi connectivity index (χ3v) is 3.74. The predicted octanol–water partition coefficient (Wildman–Crippen LogP) is 3.98. The fourth-order valence-corrected chi connectivity index (χ4v) is 2.60. The number of benzene rings is 2. The summed E-state index contributed by atoms with van der Waals surface area (Å²) in [6.07, 6.45) is 3.31. The fraction of sp³-hybridized carbons (Fsp3) is 0.0667. The Morgan fingerprint density at radius 1 is 0.950 bits per heavy atom. The normalized spacial score (nSPS) is 12.6. The fourth-order valence-electron chi connectivity index (χ4n) is 2.19. The first-order valence-electron chi connectivity index (χ1n) is 6.07. The van der Waals surface area contributed by atoms with Crippen molar-refractivity contribution in [2.24, 2.45) is 5.73 Å². The molecule has 100 valence electrons. The summed E-state index contributed by atoms with van der Waals surface area (Å²) in [6, 6.07) is 10.6. The van der Waals surface area contributed by atoms with Crippen LogP contribution in [0.3, 0.4) is 0 Å². The minimum atomic E-state index is -0.401. The number of hydrogen-bond donors (Lipinski definition) is 1. The van der Waals surface area contributed by atoms with E-state index < -0.39 is 6.04 Å². The summed E-state index contributed by atoms with van der Waals surface area (Å²) in [5.41, 5.74) is 9.57. The molecule has 2 N–H and O–H groups in total. The van der Waals surface area contributed by atoms with E-state index in [2.05, 4.69) is 9.97 Å². The van der Waals surface area contributed by atoms with Crippen molar-refractivity contribution < 1.29 is 0 Å². The molecule has 0 aliphatic heterocycles. The third kappa shape index (κ3) is 2.36. The minimum Gasteiger partial charge on any atom is -0.320 e. The van der Waals surface area contributed by atoms with Gasteiger partial charge >= 0.3 is 0 Å². The van der Waals surface area contributed by atoms with Crippen LogP contribution in [0.5, 0.6) is 0 Å². The van der Waals surface area contributed by atoms with E-state index in [0.717, 1.165) is 22.2 Å². The number of rotatable bonds is 2. The molecule has 0 spiro atoms. The van der Waals surface area contributed by atoms with Gasteiger partial charge in [0, 0.05) is 28.0 Å². The first kappa shape index (κ1) is 13.3. The Morgan fingerprint density at radius 3 is 2.60 bits per heavy atom. The Labute approximate surface area is 126 Å². The quantitative estimate of drug-likeness (QED) is 0.779. The molecule has 1 aromatic heterocycles. The van der Waals surface area contributed by atoms with Crippen molar-refractivity contribution in [1.29, 1.82) is 0 Å². The second-order valence-corrected chi connectivity index (χ2v) is 5.26. The van der Waals surface area contributed by atoms with Gasteiger partial charge in [-0.15, -0.1) is 0 Å². The van der Waals surface area contributed by atoms with E-state index in [1.807, 2.05) is 18.2 Å². The van der Waals surface area contributed by atoms with Gasteiger partial charge in [0.05, 0.1) is 17.1 Å². The summed E-state index contributed by atoms with van der Waals surface area (Å²) in [6.45, 7) is 0. The summed E-state index contributed by atoms with van der Waals surface area (Å²) in [5, 5.41) is 1.19. The molecule has 0 aliphatic carbocycles. The van der Waals surface area contributed by atoms with Crippen LogP contribution >= 0.6 is 23.2 Å². The van der Waals surface area contributed by atoms with Crippen LogP contribution in [-0.4, -0.2) is 9.97 Å². The molecule has 0 fully saturated rings. The van der Waals surface area contributed by atoms with Crippen LogP contribution in [0.4, 0.5) is 0 Å². The molecule has 0 saturated carbocycles. The summed E-state index contributed by atoms with van der Waals surface area (Å²) in [7, 11) is 0. The Bertz CT molecular complexity index is 769. The maximum Gasteiger partial charge on any atom is 0.0937 e. The van der Waals surface area contributed by atoms with Gasteiger partial charge in [-0.2, -0.15) is 0 Å². The van der Waals surface area contributed by atoms with Gasteiger partial charge in [0.2, 0.25) is 0 Å². The second-order valence-electron chi connectivity index (χ2n) is 4.41. The van der Waals surface area contributed by atoms with Gasteiger partial charge in [-0.05, 0) is 29.8 Å². The molecule has 3 aromatic rings. The van der Waals surface area contributed by atoms with E-state index >= 15 is 0 Å². The maximum atomic E-state index is 6.34. The van der Waals surface area contributed by atoms with Gasteiger partial charge < -0.3 is 5.73 Å². The highest BCUT2D eigenvalue weighted by Gasteiger charge is 2.16. The molecule has 0 amide bonds. The van der Waals surface area contributed by atoms with Crippen LogP contribution in [-0.2, 0) is 0 Å². The van der Waals surface area contributed by atoms with Gasteiger partial charge in [-0.25, -0.2) is 0 Å². The van der Waals surface area contributed by atoms with Gasteiger partial charge in [-0.1, -0.05) is 35.3 Å². The predicted molar refractivity (Wildman–Crippen MR) is 82.0 cm³/mol. The average molecular weight is 304 g/mol. The zero-order valence-electron chi connectivity index (χ0n) is 10.4. The van der Waals surface area contributed by atoms with E-state index in [0.29, 0.717) is 10.0 Å². The lowest BCUT2D eigenvalue weighted by Gasteiger charge is -2.16. The van der Waals surface area contributed by atoms with Crippen LogP contribution < -0.4 is 5.73 Å². The zero-order chi connectivity index (χ0) is 14.1. The molecule has 20 heavy (non-hydrogen) atoms. The van der Waals surface area contributed by atoms with Crippen LogP contribution in [0, 0.1) is 0 Å². The van der Waals surface area contributed by atoms with Gasteiger partial charge in [-0.3, -0.25) is 9.97 Å². The molecular formula is C15H11Cl2N3. The van der Waals surface area contributed by atoms with E-state index in [9.17, 15) is 0 Å². The lowest BCUT2D eigenvalue weighted by molar-refractivity contribution is 0.877. The van der Waals surface area contributed by atoms with Crippen molar-refractivity contribution in [2.75, 3.05) is 0 Å². The van der Waals surface area contributed by atoms with E-state index in [1.54, 1.807) is 30.6 Å². The number of halogens is 2. The zero-order valence-corrected chi connectivity index (χ0v) is 11.9. The Kier molecular flexibility index (Phi) is 3.57. The molecule has 1 heterocycles. The first-order chi connectivity index (χ1) is 9.66. The van der Waals surface area contributed by atoms with Crippen LogP contribution in [0.1, 0.15) is 17.2 Å². The second kappa shape index (κ2) is 5.37. The molecule has 1 atom stereocenters. The summed E-state index contributed by atoms with van der Waals surface area (Å²) >= 11 is 12.2. The van der Waals surface area contributed by atoms with Crippen LogP contribution in [0.15, 0.2) is 48.8 Å². The number of nitrogens with zero attached hydrogens (tertiary/aromatic N) is 2. The van der Waals surface area contributed by atoms with Crippen LogP contribution in [0.2, 0.25) is 10.0 Å². The van der Waals surface area contributed by atoms with Crippen molar-refractivity contribution in [3.05, 3.63) is 70.0 Å². The smallest absolute Gasteiger partial charge is 0.0937 e. The van der Waals surface area contributed by atoms with E-state index in [1.165, 1.54) is 0 Å². The minimum absolute atomic E-state index is 0.401. The SMILES string of the molecule is NC(c1cc(Cl)ccc1Cl)c1cccc2nccnc12. The molecular weight excluding hydrogens is 293 g/mol. The molecule has 0 aliphatic rings. The summed E-state index contributed by atoms with van der Waals surface area (Å²) < 4.78 is 0. The number of para-hydroxylation sites is 1. The lowest BCUT2D eigenvalue weighted by Crippen LogP contribution is -2.13. The Balaban J connectivity index is 2.17. The van der Waals surface area contributed by atoms with Crippen molar-refractivity contribution >= 4 is 34.2 Å².